The molecule has 0 aliphatic carbocycles. The lowest BCUT2D eigenvalue weighted by Gasteiger charge is -2.18. The van der Waals surface area contributed by atoms with Gasteiger partial charge in [0, 0.05) is 11.9 Å². The highest BCUT2D eigenvalue weighted by Crippen LogP contribution is 2.16. The van der Waals surface area contributed by atoms with E-state index < -0.39 is 17.9 Å². The summed E-state index contributed by atoms with van der Waals surface area (Å²) >= 11 is 5.92. The van der Waals surface area contributed by atoms with E-state index in [1.165, 1.54) is 6.20 Å². The first-order chi connectivity index (χ1) is 8.32. The third-order valence-electron chi connectivity index (χ3n) is 2.45. The molecule has 0 fully saturated rings. The largest absolute Gasteiger partial charge is 0.480 e. The average molecular weight is 271 g/mol. The fourth-order valence-electron chi connectivity index (χ4n) is 1.43. The number of amides is 1. The van der Waals surface area contributed by atoms with Gasteiger partial charge in [0.05, 0.1) is 10.6 Å². The number of aliphatic carboxylic acids is 1. The van der Waals surface area contributed by atoms with Gasteiger partial charge in [0.15, 0.2) is 0 Å². The molecule has 6 heteroatoms. The second-order valence-electron chi connectivity index (χ2n) is 4.34. The van der Waals surface area contributed by atoms with Gasteiger partial charge in [-0.05, 0) is 18.9 Å². The molecular weight excluding hydrogens is 256 g/mol. The van der Waals surface area contributed by atoms with E-state index in [4.69, 9.17) is 16.7 Å². The fourth-order valence-corrected chi connectivity index (χ4v) is 1.72. The SMILES string of the molecule is Cc1cc(Cl)c(C(=O)N[C@H](C(=O)O)C(C)C)cn1. The van der Waals surface area contributed by atoms with Crippen LogP contribution in [0.25, 0.3) is 0 Å². The summed E-state index contributed by atoms with van der Waals surface area (Å²) in [4.78, 5) is 26.8. The van der Waals surface area contributed by atoms with Crippen LogP contribution in [0, 0.1) is 12.8 Å². The van der Waals surface area contributed by atoms with Crippen molar-refractivity contribution >= 4 is 23.5 Å². The Labute approximate surface area is 110 Å². The number of carboxylic acids is 1. The molecule has 0 bridgehead atoms. The Morgan fingerprint density at radius 2 is 2.06 bits per heavy atom. The first-order valence-corrected chi connectivity index (χ1v) is 5.86. The number of carbonyl (C=O) groups is 2. The third kappa shape index (κ3) is 3.43. The van der Waals surface area contributed by atoms with Crippen LogP contribution in [0.2, 0.25) is 5.02 Å². The number of rotatable bonds is 4. The minimum atomic E-state index is -1.07. The smallest absolute Gasteiger partial charge is 0.326 e. The predicted octanol–water partition coefficient (Wildman–Crippen LogP) is 1.88. The van der Waals surface area contributed by atoms with Crippen LogP contribution in [0.15, 0.2) is 12.3 Å². The molecule has 18 heavy (non-hydrogen) atoms. The van der Waals surface area contributed by atoms with Gasteiger partial charge in [-0.1, -0.05) is 25.4 Å². The maximum atomic E-state index is 11.9. The van der Waals surface area contributed by atoms with Crippen molar-refractivity contribution in [2.24, 2.45) is 5.92 Å². The van der Waals surface area contributed by atoms with Gasteiger partial charge in [-0.2, -0.15) is 0 Å². The van der Waals surface area contributed by atoms with E-state index in [2.05, 4.69) is 10.3 Å². The van der Waals surface area contributed by atoms with Crippen molar-refractivity contribution in [1.29, 1.82) is 0 Å². The third-order valence-corrected chi connectivity index (χ3v) is 2.77. The molecule has 1 aromatic rings. The second-order valence-corrected chi connectivity index (χ2v) is 4.75. The number of carbonyl (C=O) groups excluding carboxylic acids is 1. The van der Waals surface area contributed by atoms with Crippen LogP contribution in [-0.4, -0.2) is 28.0 Å². The molecule has 0 aliphatic heterocycles. The number of nitrogens with zero attached hydrogens (tertiary/aromatic N) is 1. The molecule has 0 radical (unpaired) electrons. The molecule has 0 saturated carbocycles. The standard InChI is InChI=1S/C12H15ClN2O3/c1-6(2)10(12(17)18)15-11(16)8-5-14-7(3)4-9(8)13/h4-6,10H,1-3H3,(H,15,16)(H,17,18)/t10-/m0/s1. The molecule has 0 spiro atoms. The van der Waals surface area contributed by atoms with Gasteiger partial charge in [-0.25, -0.2) is 4.79 Å². The fraction of sp³-hybridized carbons (Fsp3) is 0.417. The Kier molecular flexibility index (Phi) is 4.67. The summed E-state index contributed by atoms with van der Waals surface area (Å²) in [6.45, 7) is 5.18. The summed E-state index contributed by atoms with van der Waals surface area (Å²) in [6.07, 6.45) is 1.34. The van der Waals surface area contributed by atoms with Crippen LogP contribution in [0.3, 0.4) is 0 Å². The summed E-state index contributed by atoms with van der Waals surface area (Å²) in [5.41, 5.74) is 0.865. The summed E-state index contributed by atoms with van der Waals surface area (Å²) in [6, 6.07) is 0.608. The van der Waals surface area contributed by atoms with Crippen molar-refractivity contribution in [2.75, 3.05) is 0 Å². The second kappa shape index (κ2) is 5.82. The number of nitrogens with one attached hydrogen (secondary N) is 1. The van der Waals surface area contributed by atoms with E-state index >= 15 is 0 Å². The van der Waals surface area contributed by atoms with Crippen molar-refractivity contribution in [1.82, 2.24) is 10.3 Å². The summed E-state index contributed by atoms with van der Waals surface area (Å²) in [5, 5.41) is 11.7. The molecule has 0 aliphatic rings. The highest BCUT2D eigenvalue weighted by Gasteiger charge is 2.24. The highest BCUT2D eigenvalue weighted by molar-refractivity contribution is 6.33. The van der Waals surface area contributed by atoms with Gasteiger partial charge >= 0.3 is 5.97 Å². The van der Waals surface area contributed by atoms with Gasteiger partial charge in [0.25, 0.3) is 5.91 Å². The lowest BCUT2D eigenvalue weighted by Crippen LogP contribution is -2.44. The van der Waals surface area contributed by atoms with E-state index in [1.54, 1.807) is 26.8 Å². The minimum Gasteiger partial charge on any atom is -0.480 e. The Morgan fingerprint density at radius 1 is 1.44 bits per heavy atom. The van der Waals surface area contributed by atoms with Gasteiger partial charge < -0.3 is 10.4 Å². The number of aryl methyl sites for hydroxylation is 1. The molecule has 1 amide bonds. The zero-order valence-electron chi connectivity index (χ0n) is 10.4. The van der Waals surface area contributed by atoms with E-state index in [1.807, 2.05) is 0 Å². The lowest BCUT2D eigenvalue weighted by molar-refractivity contribution is -0.140. The maximum absolute atomic E-state index is 11.9. The van der Waals surface area contributed by atoms with Gasteiger partial charge in [-0.3, -0.25) is 9.78 Å². The molecular formula is C12H15ClN2O3. The Bertz CT molecular complexity index is 474. The van der Waals surface area contributed by atoms with E-state index in [0.29, 0.717) is 5.69 Å². The summed E-state index contributed by atoms with van der Waals surface area (Å²) in [7, 11) is 0. The van der Waals surface area contributed by atoms with E-state index in [0.717, 1.165) is 0 Å². The number of carboxylic acid groups (broad SMARTS) is 1. The van der Waals surface area contributed by atoms with Crippen molar-refractivity contribution in [3.63, 3.8) is 0 Å². The number of aromatic nitrogens is 1. The van der Waals surface area contributed by atoms with E-state index in [9.17, 15) is 9.59 Å². The molecule has 2 N–H and O–H groups in total. The topological polar surface area (TPSA) is 79.3 Å². The molecule has 1 heterocycles. The Balaban J connectivity index is 2.91. The zero-order valence-corrected chi connectivity index (χ0v) is 11.2. The van der Waals surface area contributed by atoms with Crippen LogP contribution in [0.4, 0.5) is 0 Å². The van der Waals surface area contributed by atoms with Gasteiger partial charge in [0.1, 0.15) is 6.04 Å². The van der Waals surface area contributed by atoms with Gasteiger partial charge in [-0.15, -0.1) is 0 Å². The molecule has 0 aromatic carbocycles. The maximum Gasteiger partial charge on any atom is 0.326 e. The van der Waals surface area contributed by atoms with Crippen LogP contribution < -0.4 is 5.32 Å². The molecule has 0 unspecified atom stereocenters. The van der Waals surface area contributed by atoms with Crippen molar-refractivity contribution in [3.05, 3.63) is 28.5 Å². The molecule has 98 valence electrons. The highest BCUT2D eigenvalue weighted by atomic mass is 35.5. The lowest BCUT2D eigenvalue weighted by atomic mass is 10.0. The first kappa shape index (κ1) is 14.4. The average Bonchev–Trinajstić information content (AvgIpc) is 2.24. The minimum absolute atomic E-state index is 0.175. The molecule has 5 nitrogen and oxygen atoms in total. The monoisotopic (exact) mass is 270 g/mol. The zero-order chi connectivity index (χ0) is 13.9. The Hall–Kier alpha value is -1.62. The summed E-state index contributed by atoms with van der Waals surface area (Å²) in [5.74, 6) is -1.83. The summed E-state index contributed by atoms with van der Waals surface area (Å²) < 4.78 is 0. The van der Waals surface area contributed by atoms with Crippen molar-refractivity contribution in [3.8, 4) is 0 Å². The van der Waals surface area contributed by atoms with Crippen LogP contribution in [0.1, 0.15) is 29.9 Å². The molecule has 1 atom stereocenters. The molecule has 1 aromatic heterocycles. The number of hydrogen-bond acceptors (Lipinski definition) is 3. The number of pyridine rings is 1. The van der Waals surface area contributed by atoms with Crippen LogP contribution in [-0.2, 0) is 4.79 Å². The van der Waals surface area contributed by atoms with Gasteiger partial charge in [0.2, 0.25) is 0 Å². The van der Waals surface area contributed by atoms with Crippen molar-refractivity contribution in [2.45, 2.75) is 26.8 Å². The normalized spacial score (nSPS) is 12.3. The predicted molar refractivity (Wildman–Crippen MR) is 67.7 cm³/mol. The molecule has 1 rings (SSSR count). The first-order valence-electron chi connectivity index (χ1n) is 5.48. The van der Waals surface area contributed by atoms with Crippen molar-refractivity contribution < 1.29 is 14.7 Å². The van der Waals surface area contributed by atoms with Crippen LogP contribution >= 0.6 is 11.6 Å². The Morgan fingerprint density at radius 3 is 2.50 bits per heavy atom. The van der Waals surface area contributed by atoms with Crippen LogP contribution in [0.5, 0.6) is 0 Å². The number of halogens is 1. The van der Waals surface area contributed by atoms with E-state index in [-0.39, 0.29) is 16.5 Å². The number of hydrogen-bond donors (Lipinski definition) is 2. The quantitative estimate of drug-likeness (QED) is 0.875. The molecule has 0 saturated heterocycles.